The standard InChI is InChI=1S/C9H12FNO3/c1-13-8-5-9(14-3-2-12)7(11)4-6(8)10/h4-5,12H,2-3,11H2,1H3. The second-order valence-electron chi connectivity index (χ2n) is 2.60. The van der Waals surface area contributed by atoms with Crippen molar-refractivity contribution >= 4 is 5.69 Å². The highest BCUT2D eigenvalue weighted by atomic mass is 19.1. The molecule has 0 bridgehead atoms. The van der Waals surface area contributed by atoms with Crippen LogP contribution < -0.4 is 15.2 Å². The van der Waals surface area contributed by atoms with Crippen LogP contribution in [0, 0.1) is 5.82 Å². The van der Waals surface area contributed by atoms with Gasteiger partial charge in [-0.3, -0.25) is 0 Å². The molecule has 0 aromatic heterocycles. The van der Waals surface area contributed by atoms with E-state index >= 15 is 0 Å². The predicted molar refractivity (Wildman–Crippen MR) is 49.9 cm³/mol. The molecule has 0 radical (unpaired) electrons. The summed E-state index contributed by atoms with van der Waals surface area (Å²) in [4.78, 5) is 0. The molecule has 0 aliphatic heterocycles. The fraction of sp³-hybridized carbons (Fsp3) is 0.333. The van der Waals surface area contributed by atoms with E-state index in [-0.39, 0.29) is 24.7 Å². The van der Waals surface area contributed by atoms with Gasteiger partial charge >= 0.3 is 0 Å². The number of hydrogen-bond acceptors (Lipinski definition) is 4. The fourth-order valence-electron chi connectivity index (χ4n) is 0.987. The largest absolute Gasteiger partial charge is 0.494 e. The van der Waals surface area contributed by atoms with Gasteiger partial charge in [0.05, 0.1) is 19.4 Å². The molecule has 0 amide bonds. The number of rotatable bonds is 4. The molecule has 0 atom stereocenters. The molecule has 78 valence electrons. The molecule has 0 saturated carbocycles. The summed E-state index contributed by atoms with van der Waals surface area (Å²) < 4.78 is 22.9. The number of ether oxygens (including phenoxy) is 2. The van der Waals surface area contributed by atoms with Gasteiger partial charge in [0, 0.05) is 12.1 Å². The molecule has 3 N–H and O–H groups in total. The van der Waals surface area contributed by atoms with Gasteiger partial charge in [-0.2, -0.15) is 0 Å². The van der Waals surface area contributed by atoms with Crippen LogP contribution in [0.3, 0.4) is 0 Å². The summed E-state index contributed by atoms with van der Waals surface area (Å²) in [5, 5.41) is 8.53. The third-order valence-electron chi connectivity index (χ3n) is 1.63. The zero-order valence-corrected chi connectivity index (χ0v) is 7.79. The predicted octanol–water partition coefficient (Wildman–Crippen LogP) is 0.788. The highest BCUT2D eigenvalue weighted by Gasteiger charge is 2.08. The van der Waals surface area contributed by atoms with Gasteiger partial charge < -0.3 is 20.3 Å². The summed E-state index contributed by atoms with van der Waals surface area (Å²) in [5.74, 6) is -0.175. The van der Waals surface area contributed by atoms with Crippen molar-refractivity contribution in [3.05, 3.63) is 17.9 Å². The molecule has 0 aliphatic carbocycles. The SMILES string of the molecule is COc1cc(OCCO)c(N)cc1F. The van der Waals surface area contributed by atoms with Crippen molar-refractivity contribution in [2.75, 3.05) is 26.1 Å². The molecule has 0 heterocycles. The second-order valence-corrected chi connectivity index (χ2v) is 2.60. The van der Waals surface area contributed by atoms with Crippen LogP contribution in [0.2, 0.25) is 0 Å². The molecule has 0 spiro atoms. The first-order chi connectivity index (χ1) is 6.69. The van der Waals surface area contributed by atoms with Crippen LogP contribution in [0.15, 0.2) is 12.1 Å². The molecular weight excluding hydrogens is 189 g/mol. The lowest BCUT2D eigenvalue weighted by Gasteiger charge is -2.09. The van der Waals surface area contributed by atoms with Gasteiger partial charge in [0.15, 0.2) is 11.6 Å². The minimum Gasteiger partial charge on any atom is -0.494 e. The van der Waals surface area contributed by atoms with Crippen LogP contribution in [-0.2, 0) is 0 Å². The van der Waals surface area contributed by atoms with Crippen molar-refractivity contribution in [1.82, 2.24) is 0 Å². The van der Waals surface area contributed by atoms with E-state index in [9.17, 15) is 4.39 Å². The van der Waals surface area contributed by atoms with Gasteiger partial charge in [0.2, 0.25) is 0 Å². The van der Waals surface area contributed by atoms with Crippen molar-refractivity contribution in [1.29, 1.82) is 0 Å². The number of methoxy groups -OCH3 is 1. The zero-order valence-electron chi connectivity index (χ0n) is 7.79. The summed E-state index contributed by atoms with van der Waals surface area (Å²) in [5.41, 5.74) is 5.66. The zero-order chi connectivity index (χ0) is 10.6. The minimum atomic E-state index is -0.540. The fourth-order valence-corrected chi connectivity index (χ4v) is 0.987. The summed E-state index contributed by atoms with van der Waals surface area (Å²) in [7, 11) is 1.35. The van der Waals surface area contributed by atoms with E-state index in [0.29, 0.717) is 5.75 Å². The average molecular weight is 201 g/mol. The monoisotopic (exact) mass is 201 g/mol. The maximum Gasteiger partial charge on any atom is 0.167 e. The quantitative estimate of drug-likeness (QED) is 0.707. The Balaban J connectivity index is 2.92. The first kappa shape index (κ1) is 10.6. The van der Waals surface area contributed by atoms with Gasteiger partial charge in [-0.05, 0) is 0 Å². The summed E-state index contributed by atoms with van der Waals surface area (Å²) in [6.07, 6.45) is 0. The molecule has 4 nitrogen and oxygen atoms in total. The van der Waals surface area contributed by atoms with E-state index in [2.05, 4.69) is 0 Å². The third kappa shape index (κ3) is 2.26. The van der Waals surface area contributed by atoms with Crippen molar-refractivity contribution in [3.8, 4) is 11.5 Å². The highest BCUT2D eigenvalue weighted by molar-refractivity contribution is 5.56. The molecular formula is C9H12FNO3. The van der Waals surface area contributed by atoms with Crippen molar-refractivity contribution in [2.24, 2.45) is 0 Å². The summed E-state index contributed by atoms with van der Waals surface area (Å²) in [6, 6.07) is 2.46. The normalized spacial score (nSPS) is 9.93. The Morgan fingerprint density at radius 1 is 1.43 bits per heavy atom. The topological polar surface area (TPSA) is 64.7 Å². The molecule has 14 heavy (non-hydrogen) atoms. The molecule has 0 aliphatic rings. The Bertz CT molecular complexity index is 317. The van der Waals surface area contributed by atoms with E-state index in [1.54, 1.807) is 0 Å². The molecule has 0 unspecified atom stereocenters. The van der Waals surface area contributed by atoms with Crippen LogP contribution in [0.5, 0.6) is 11.5 Å². The van der Waals surface area contributed by atoms with Gasteiger partial charge in [-0.15, -0.1) is 0 Å². The molecule has 1 rings (SSSR count). The lowest BCUT2D eigenvalue weighted by molar-refractivity contribution is 0.201. The molecule has 5 heteroatoms. The summed E-state index contributed by atoms with van der Waals surface area (Å²) >= 11 is 0. The molecule has 0 saturated heterocycles. The first-order valence-corrected chi connectivity index (χ1v) is 4.05. The number of aliphatic hydroxyl groups excluding tert-OH is 1. The van der Waals surface area contributed by atoms with E-state index in [4.69, 9.17) is 20.3 Å². The number of aliphatic hydroxyl groups is 1. The van der Waals surface area contributed by atoms with Crippen LogP contribution >= 0.6 is 0 Å². The lowest BCUT2D eigenvalue weighted by Crippen LogP contribution is -2.04. The van der Waals surface area contributed by atoms with Crippen molar-refractivity contribution in [2.45, 2.75) is 0 Å². The van der Waals surface area contributed by atoms with Crippen LogP contribution in [-0.4, -0.2) is 25.4 Å². The van der Waals surface area contributed by atoms with Gasteiger partial charge in [0.1, 0.15) is 12.4 Å². The van der Waals surface area contributed by atoms with Gasteiger partial charge in [0.25, 0.3) is 0 Å². The summed E-state index contributed by atoms with van der Waals surface area (Å²) in [6.45, 7) is -0.0158. The van der Waals surface area contributed by atoms with Crippen molar-refractivity contribution < 1.29 is 19.0 Å². The number of anilines is 1. The molecule has 0 fully saturated rings. The highest BCUT2D eigenvalue weighted by Crippen LogP contribution is 2.29. The van der Waals surface area contributed by atoms with Crippen molar-refractivity contribution in [3.63, 3.8) is 0 Å². The second kappa shape index (κ2) is 4.66. The van der Waals surface area contributed by atoms with E-state index in [1.807, 2.05) is 0 Å². The van der Waals surface area contributed by atoms with E-state index in [1.165, 1.54) is 13.2 Å². The number of halogens is 1. The Hall–Kier alpha value is -1.49. The Kier molecular flexibility index (Phi) is 3.53. The Labute approximate surface area is 81.1 Å². The maximum absolute atomic E-state index is 13.0. The molecule has 1 aromatic rings. The van der Waals surface area contributed by atoms with Crippen LogP contribution in [0.1, 0.15) is 0 Å². The van der Waals surface area contributed by atoms with E-state index in [0.717, 1.165) is 6.07 Å². The Morgan fingerprint density at radius 2 is 2.14 bits per heavy atom. The average Bonchev–Trinajstić information content (AvgIpc) is 2.17. The minimum absolute atomic E-state index is 0.0622. The van der Waals surface area contributed by atoms with E-state index < -0.39 is 5.82 Å². The first-order valence-electron chi connectivity index (χ1n) is 4.05. The lowest BCUT2D eigenvalue weighted by atomic mass is 10.2. The maximum atomic E-state index is 13.0. The number of nitrogen functional groups attached to an aromatic ring is 1. The van der Waals surface area contributed by atoms with Crippen LogP contribution in [0.25, 0.3) is 0 Å². The van der Waals surface area contributed by atoms with Gasteiger partial charge in [-0.25, -0.2) is 4.39 Å². The van der Waals surface area contributed by atoms with Crippen LogP contribution in [0.4, 0.5) is 10.1 Å². The smallest absolute Gasteiger partial charge is 0.167 e. The van der Waals surface area contributed by atoms with Gasteiger partial charge in [-0.1, -0.05) is 0 Å². The molecule has 1 aromatic carbocycles. The number of hydrogen-bond donors (Lipinski definition) is 2. The third-order valence-corrected chi connectivity index (χ3v) is 1.63. The Morgan fingerprint density at radius 3 is 2.71 bits per heavy atom. The number of nitrogens with two attached hydrogens (primary N) is 1. The number of benzene rings is 1.